The van der Waals surface area contributed by atoms with Crippen LogP contribution in [0.2, 0.25) is 0 Å². The molecule has 0 unspecified atom stereocenters. The molecule has 0 aliphatic rings. The van der Waals surface area contributed by atoms with Gasteiger partial charge in [0.1, 0.15) is 5.82 Å². The summed E-state index contributed by atoms with van der Waals surface area (Å²) in [4.78, 5) is 16.3. The van der Waals surface area contributed by atoms with E-state index >= 15 is 0 Å². The molecule has 1 N–H and O–H groups in total. The van der Waals surface area contributed by atoms with Gasteiger partial charge in [-0.1, -0.05) is 76.1 Å². The third kappa shape index (κ3) is 5.56. The highest BCUT2D eigenvalue weighted by Gasteiger charge is 2.13. The fourth-order valence-electron chi connectivity index (χ4n) is 3.61. The molecule has 1 aromatic heterocycles. The third-order valence-electron chi connectivity index (χ3n) is 5.14. The van der Waals surface area contributed by atoms with E-state index in [2.05, 4.69) is 20.8 Å². The highest BCUT2D eigenvalue weighted by atomic mass is 16.4. The zero-order chi connectivity index (χ0) is 21.5. The van der Waals surface area contributed by atoms with Crippen molar-refractivity contribution in [2.24, 2.45) is 5.92 Å². The molecule has 0 radical (unpaired) electrons. The summed E-state index contributed by atoms with van der Waals surface area (Å²) in [6, 6.07) is 15.2. The highest BCUT2D eigenvalue weighted by molar-refractivity contribution is 5.95. The van der Waals surface area contributed by atoms with Crippen LogP contribution in [-0.4, -0.2) is 25.8 Å². The van der Waals surface area contributed by atoms with Crippen LogP contribution in [-0.2, 0) is 19.4 Å². The van der Waals surface area contributed by atoms with E-state index in [1.807, 2.05) is 41.1 Å². The van der Waals surface area contributed by atoms with Gasteiger partial charge < -0.3 is 5.11 Å². The molecule has 0 saturated carbocycles. The fourth-order valence-corrected chi connectivity index (χ4v) is 3.61. The van der Waals surface area contributed by atoms with E-state index in [0.717, 1.165) is 47.6 Å². The first-order valence-electron chi connectivity index (χ1n) is 10.8. The topological polar surface area (TPSA) is 68.0 Å². The highest BCUT2D eigenvalue weighted by Crippen LogP contribution is 2.24. The molecule has 0 amide bonds. The smallest absolute Gasteiger partial charge is 0.336 e. The van der Waals surface area contributed by atoms with Crippen molar-refractivity contribution in [3.05, 3.63) is 71.3 Å². The summed E-state index contributed by atoms with van der Waals surface area (Å²) in [5, 5.41) is 14.2. The number of aromatic carboxylic acids is 1. The van der Waals surface area contributed by atoms with Gasteiger partial charge in [-0.25, -0.2) is 14.5 Å². The number of aromatic nitrogens is 3. The molecule has 0 bridgehead atoms. The summed E-state index contributed by atoms with van der Waals surface area (Å²) in [5.41, 5.74) is 3.08. The lowest BCUT2D eigenvalue weighted by atomic mass is 9.99. The minimum atomic E-state index is -0.910. The van der Waals surface area contributed by atoms with E-state index in [-0.39, 0.29) is 0 Å². The average molecular weight is 406 g/mol. The summed E-state index contributed by atoms with van der Waals surface area (Å²) < 4.78 is 2.04. The van der Waals surface area contributed by atoms with Crippen LogP contribution in [0.3, 0.4) is 0 Å². The maximum Gasteiger partial charge on any atom is 0.336 e. The molecule has 158 valence electrons. The van der Waals surface area contributed by atoms with Gasteiger partial charge in [0, 0.05) is 12.8 Å². The van der Waals surface area contributed by atoms with Crippen LogP contribution >= 0.6 is 0 Å². The Hall–Kier alpha value is -2.95. The molecule has 0 atom stereocenters. The Bertz CT molecular complexity index is 974. The van der Waals surface area contributed by atoms with Gasteiger partial charge in [0.25, 0.3) is 0 Å². The first-order chi connectivity index (χ1) is 14.5. The van der Waals surface area contributed by atoms with Crippen molar-refractivity contribution in [1.82, 2.24) is 14.8 Å². The molecule has 0 fully saturated rings. The minimum Gasteiger partial charge on any atom is -0.478 e. The van der Waals surface area contributed by atoms with Gasteiger partial charge in [-0.05, 0) is 35.1 Å². The standard InChI is InChI=1S/C25H31N3O2/c1-4-5-6-11-24-26-23(16-18(2)3)27-28(24)17-19-12-14-20(15-13-19)21-9-7-8-10-22(21)25(29)30/h7-10,12-15,18H,4-6,11,16-17H2,1-3H3,(H,29,30). The second-order valence-electron chi connectivity index (χ2n) is 8.20. The number of aryl methyl sites for hydroxylation is 1. The summed E-state index contributed by atoms with van der Waals surface area (Å²) in [6.07, 6.45) is 5.35. The zero-order valence-corrected chi connectivity index (χ0v) is 18.1. The molecule has 30 heavy (non-hydrogen) atoms. The summed E-state index contributed by atoms with van der Waals surface area (Å²) in [7, 11) is 0. The largest absolute Gasteiger partial charge is 0.478 e. The quantitative estimate of drug-likeness (QED) is 0.444. The molecular weight excluding hydrogens is 374 g/mol. The zero-order valence-electron chi connectivity index (χ0n) is 18.1. The van der Waals surface area contributed by atoms with E-state index < -0.39 is 5.97 Å². The number of carbonyl (C=O) groups is 1. The first kappa shape index (κ1) is 21.8. The van der Waals surface area contributed by atoms with Crippen molar-refractivity contribution in [1.29, 1.82) is 0 Å². The number of rotatable bonds is 10. The van der Waals surface area contributed by atoms with Gasteiger partial charge in [0.2, 0.25) is 0 Å². The molecule has 5 nitrogen and oxygen atoms in total. The number of carboxylic acid groups (broad SMARTS) is 1. The summed E-state index contributed by atoms with van der Waals surface area (Å²) in [6.45, 7) is 7.25. The van der Waals surface area contributed by atoms with Crippen LogP contribution in [0.15, 0.2) is 48.5 Å². The van der Waals surface area contributed by atoms with Crippen molar-refractivity contribution < 1.29 is 9.90 Å². The number of carboxylic acids is 1. The molecule has 0 spiro atoms. The second-order valence-corrected chi connectivity index (χ2v) is 8.20. The van der Waals surface area contributed by atoms with Crippen LogP contribution in [0.25, 0.3) is 11.1 Å². The average Bonchev–Trinajstić information content (AvgIpc) is 3.09. The lowest BCUT2D eigenvalue weighted by Gasteiger charge is -2.09. The Morgan fingerprint density at radius 2 is 1.80 bits per heavy atom. The van der Waals surface area contributed by atoms with Crippen LogP contribution in [0.1, 0.15) is 67.6 Å². The number of hydrogen-bond donors (Lipinski definition) is 1. The maximum atomic E-state index is 11.5. The van der Waals surface area contributed by atoms with Gasteiger partial charge in [-0.15, -0.1) is 0 Å². The van der Waals surface area contributed by atoms with Crippen LogP contribution in [0.4, 0.5) is 0 Å². The molecule has 3 rings (SSSR count). The van der Waals surface area contributed by atoms with Crippen LogP contribution in [0, 0.1) is 5.92 Å². The lowest BCUT2D eigenvalue weighted by Crippen LogP contribution is -2.07. The Kier molecular flexibility index (Phi) is 7.39. The van der Waals surface area contributed by atoms with Crippen molar-refractivity contribution >= 4 is 5.97 Å². The minimum absolute atomic E-state index is 0.318. The van der Waals surface area contributed by atoms with E-state index in [4.69, 9.17) is 10.1 Å². The fraction of sp³-hybridized carbons (Fsp3) is 0.400. The van der Waals surface area contributed by atoms with Crippen molar-refractivity contribution in [3.63, 3.8) is 0 Å². The second kappa shape index (κ2) is 10.2. The predicted octanol–water partition coefficient (Wildman–Crippen LogP) is 5.62. The molecule has 0 aliphatic heterocycles. The lowest BCUT2D eigenvalue weighted by molar-refractivity contribution is 0.0697. The monoisotopic (exact) mass is 405 g/mol. The predicted molar refractivity (Wildman–Crippen MR) is 120 cm³/mol. The van der Waals surface area contributed by atoms with Crippen molar-refractivity contribution in [2.75, 3.05) is 0 Å². The van der Waals surface area contributed by atoms with E-state index in [1.54, 1.807) is 12.1 Å². The normalized spacial score (nSPS) is 11.2. The van der Waals surface area contributed by atoms with Gasteiger partial charge in [0.05, 0.1) is 12.1 Å². The van der Waals surface area contributed by atoms with E-state index in [0.29, 0.717) is 18.0 Å². The maximum absolute atomic E-state index is 11.5. The first-order valence-corrected chi connectivity index (χ1v) is 10.8. The molecule has 5 heteroatoms. The van der Waals surface area contributed by atoms with Crippen LogP contribution < -0.4 is 0 Å². The van der Waals surface area contributed by atoms with Gasteiger partial charge in [-0.3, -0.25) is 0 Å². The molecule has 1 heterocycles. The Balaban J connectivity index is 1.81. The Labute approximate surface area is 178 Å². The molecule has 0 aliphatic carbocycles. The number of nitrogens with zero attached hydrogens (tertiary/aromatic N) is 3. The molecule has 0 saturated heterocycles. The van der Waals surface area contributed by atoms with Gasteiger partial charge >= 0.3 is 5.97 Å². The van der Waals surface area contributed by atoms with E-state index in [9.17, 15) is 9.90 Å². The van der Waals surface area contributed by atoms with Gasteiger partial charge in [0.15, 0.2) is 5.82 Å². The SMILES string of the molecule is CCCCCc1nc(CC(C)C)nn1Cc1ccc(-c2ccccc2C(=O)O)cc1. The van der Waals surface area contributed by atoms with Crippen molar-refractivity contribution in [2.45, 2.75) is 59.4 Å². The Morgan fingerprint density at radius 3 is 2.47 bits per heavy atom. The Morgan fingerprint density at radius 1 is 1.07 bits per heavy atom. The van der Waals surface area contributed by atoms with Crippen molar-refractivity contribution in [3.8, 4) is 11.1 Å². The number of hydrogen-bond acceptors (Lipinski definition) is 3. The number of benzene rings is 2. The summed E-state index contributed by atoms with van der Waals surface area (Å²) in [5.74, 6) is 1.59. The molecule has 2 aromatic carbocycles. The third-order valence-corrected chi connectivity index (χ3v) is 5.14. The summed E-state index contributed by atoms with van der Waals surface area (Å²) >= 11 is 0. The molecule has 3 aromatic rings. The van der Waals surface area contributed by atoms with Crippen LogP contribution in [0.5, 0.6) is 0 Å². The number of unbranched alkanes of at least 4 members (excludes halogenated alkanes) is 2. The van der Waals surface area contributed by atoms with Gasteiger partial charge in [-0.2, -0.15) is 5.10 Å². The molecular formula is C25H31N3O2. The van der Waals surface area contributed by atoms with E-state index in [1.165, 1.54) is 12.8 Å².